The number of nitrogens with one attached hydrogen (secondary N) is 1. The smallest absolute Gasteiger partial charge is 0.256 e. The van der Waals surface area contributed by atoms with Crippen LogP contribution in [0.15, 0.2) is 12.1 Å². The van der Waals surface area contributed by atoms with E-state index < -0.39 is 5.60 Å². The molecule has 21 heavy (non-hydrogen) atoms. The molecule has 1 aromatic rings. The van der Waals surface area contributed by atoms with E-state index in [4.69, 9.17) is 9.47 Å². The second kappa shape index (κ2) is 7.46. The number of carbonyl (C=O) groups excluding carboxylic acids is 1. The van der Waals surface area contributed by atoms with Gasteiger partial charge in [-0.2, -0.15) is 0 Å². The molecule has 0 aliphatic carbocycles. The van der Waals surface area contributed by atoms with E-state index in [1.807, 2.05) is 32.9 Å². The number of rotatable bonds is 7. The number of aryl methyl sites for hydroxylation is 2. The van der Waals surface area contributed by atoms with Crippen molar-refractivity contribution in [3.05, 3.63) is 23.3 Å². The second-order valence-corrected chi connectivity index (χ2v) is 5.64. The fraction of sp³-hybridized carbons (Fsp3) is 0.588. The number of methoxy groups -OCH3 is 2. The van der Waals surface area contributed by atoms with Gasteiger partial charge in [0.05, 0.1) is 7.11 Å². The zero-order valence-electron chi connectivity index (χ0n) is 14.0. The summed E-state index contributed by atoms with van der Waals surface area (Å²) in [6, 6.07) is 3.83. The molecule has 0 spiro atoms. The first-order valence-corrected chi connectivity index (χ1v) is 7.39. The molecule has 0 radical (unpaired) electrons. The van der Waals surface area contributed by atoms with Crippen molar-refractivity contribution in [3.63, 3.8) is 0 Å². The van der Waals surface area contributed by atoms with Crippen molar-refractivity contribution in [2.75, 3.05) is 19.5 Å². The molecule has 1 rings (SSSR count). The van der Waals surface area contributed by atoms with Crippen LogP contribution in [0.5, 0.6) is 5.75 Å². The van der Waals surface area contributed by atoms with Crippen LogP contribution in [0.4, 0.5) is 5.69 Å². The average molecular weight is 293 g/mol. The van der Waals surface area contributed by atoms with Gasteiger partial charge < -0.3 is 14.8 Å². The summed E-state index contributed by atoms with van der Waals surface area (Å²) >= 11 is 0. The van der Waals surface area contributed by atoms with E-state index >= 15 is 0 Å². The van der Waals surface area contributed by atoms with Gasteiger partial charge in [0, 0.05) is 12.8 Å². The lowest BCUT2D eigenvalue weighted by atomic mass is 9.97. The number of hydrogen-bond donors (Lipinski definition) is 1. The third-order valence-corrected chi connectivity index (χ3v) is 3.86. The van der Waals surface area contributed by atoms with Crippen LogP contribution in [0.1, 0.15) is 44.2 Å². The Bertz CT molecular complexity index is 476. The minimum absolute atomic E-state index is 0.109. The molecule has 1 N–H and O–H groups in total. The second-order valence-electron chi connectivity index (χ2n) is 5.64. The Morgan fingerprint density at radius 2 is 1.81 bits per heavy atom. The van der Waals surface area contributed by atoms with Crippen molar-refractivity contribution in [2.45, 2.75) is 52.6 Å². The summed E-state index contributed by atoms with van der Waals surface area (Å²) in [5, 5.41) is 2.96. The molecule has 0 heterocycles. The van der Waals surface area contributed by atoms with Gasteiger partial charge in [0.2, 0.25) is 0 Å². The Labute approximate surface area is 127 Å². The number of benzene rings is 1. The van der Waals surface area contributed by atoms with E-state index in [-0.39, 0.29) is 5.91 Å². The van der Waals surface area contributed by atoms with Crippen LogP contribution in [-0.4, -0.2) is 25.7 Å². The van der Waals surface area contributed by atoms with Gasteiger partial charge >= 0.3 is 0 Å². The molecule has 0 aromatic heterocycles. The fourth-order valence-electron chi connectivity index (χ4n) is 2.43. The molecule has 1 atom stereocenters. The maximum atomic E-state index is 12.5. The predicted molar refractivity (Wildman–Crippen MR) is 86.0 cm³/mol. The van der Waals surface area contributed by atoms with Gasteiger partial charge in [-0.05, 0) is 50.5 Å². The predicted octanol–water partition coefficient (Wildman–Crippen LogP) is 3.85. The number of ether oxygens (including phenoxy) is 2. The van der Waals surface area contributed by atoms with E-state index in [0.717, 1.165) is 35.4 Å². The number of carbonyl (C=O) groups is 1. The highest BCUT2D eigenvalue weighted by molar-refractivity contribution is 5.97. The molecule has 4 nitrogen and oxygen atoms in total. The Kier molecular flexibility index (Phi) is 6.21. The van der Waals surface area contributed by atoms with E-state index in [2.05, 4.69) is 12.2 Å². The summed E-state index contributed by atoms with van der Waals surface area (Å²) in [6.07, 6.45) is 2.70. The molecule has 4 heteroatoms. The standard InChI is InChI=1S/C17H27NO3/c1-7-8-9-17(4,21-6)16(19)18-14-10-12(2)15(20-5)13(3)11-14/h10-11H,7-9H2,1-6H3,(H,18,19)/t17-/m1/s1. The number of anilines is 1. The first-order chi connectivity index (χ1) is 9.87. The average Bonchev–Trinajstić information content (AvgIpc) is 2.44. The Hall–Kier alpha value is -1.55. The highest BCUT2D eigenvalue weighted by atomic mass is 16.5. The molecule has 1 aromatic carbocycles. The molecule has 0 saturated carbocycles. The lowest BCUT2D eigenvalue weighted by Gasteiger charge is -2.27. The molecule has 118 valence electrons. The summed E-state index contributed by atoms with van der Waals surface area (Å²) in [6.45, 7) is 7.87. The van der Waals surface area contributed by atoms with Crippen molar-refractivity contribution < 1.29 is 14.3 Å². The van der Waals surface area contributed by atoms with Crippen LogP contribution < -0.4 is 10.1 Å². The quantitative estimate of drug-likeness (QED) is 0.830. The molecular formula is C17H27NO3. The van der Waals surface area contributed by atoms with Crippen molar-refractivity contribution in [1.82, 2.24) is 0 Å². The lowest BCUT2D eigenvalue weighted by Crippen LogP contribution is -2.41. The molecule has 0 aliphatic rings. The zero-order valence-corrected chi connectivity index (χ0v) is 14.0. The molecule has 0 unspecified atom stereocenters. The largest absolute Gasteiger partial charge is 0.496 e. The third kappa shape index (κ3) is 4.21. The Morgan fingerprint density at radius 3 is 2.24 bits per heavy atom. The van der Waals surface area contributed by atoms with Gasteiger partial charge in [-0.25, -0.2) is 0 Å². The maximum Gasteiger partial charge on any atom is 0.256 e. The highest BCUT2D eigenvalue weighted by Gasteiger charge is 2.32. The van der Waals surface area contributed by atoms with E-state index in [1.165, 1.54) is 0 Å². The molecule has 1 amide bonds. The Morgan fingerprint density at radius 1 is 1.24 bits per heavy atom. The highest BCUT2D eigenvalue weighted by Crippen LogP contribution is 2.28. The lowest BCUT2D eigenvalue weighted by molar-refractivity contribution is -0.136. The van der Waals surface area contributed by atoms with Gasteiger partial charge in [-0.3, -0.25) is 4.79 Å². The fourth-order valence-corrected chi connectivity index (χ4v) is 2.43. The summed E-state index contributed by atoms with van der Waals surface area (Å²) in [7, 11) is 3.24. The van der Waals surface area contributed by atoms with Gasteiger partial charge in [0.25, 0.3) is 5.91 Å². The zero-order chi connectivity index (χ0) is 16.0. The van der Waals surface area contributed by atoms with Crippen LogP contribution in [0.3, 0.4) is 0 Å². The van der Waals surface area contributed by atoms with Crippen LogP contribution >= 0.6 is 0 Å². The molecule has 0 saturated heterocycles. The van der Waals surface area contributed by atoms with Crippen LogP contribution in [-0.2, 0) is 9.53 Å². The SMILES string of the molecule is CCCC[C@@](C)(OC)C(=O)Nc1cc(C)c(OC)c(C)c1. The van der Waals surface area contributed by atoms with Crippen LogP contribution in [0.2, 0.25) is 0 Å². The van der Waals surface area contributed by atoms with Crippen LogP contribution in [0.25, 0.3) is 0 Å². The van der Waals surface area contributed by atoms with E-state index in [1.54, 1.807) is 14.2 Å². The summed E-state index contributed by atoms with van der Waals surface area (Å²) in [4.78, 5) is 12.5. The maximum absolute atomic E-state index is 12.5. The van der Waals surface area contributed by atoms with Gasteiger partial charge in [-0.15, -0.1) is 0 Å². The van der Waals surface area contributed by atoms with Crippen LogP contribution in [0, 0.1) is 13.8 Å². The Balaban J connectivity index is 2.92. The number of hydrogen-bond acceptors (Lipinski definition) is 3. The summed E-state index contributed by atoms with van der Waals surface area (Å²) in [5.74, 6) is 0.746. The first kappa shape index (κ1) is 17.5. The molecular weight excluding hydrogens is 266 g/mol. The minimum atomic E-state index is -0.794. The van der Waals surface area contributed by atoms with E-state index in [9.17, 15) is 4.79 Å². The van der Waals surface area contributed by atoms with E-state index in [0.29, 0.717) is 6.42 Å². The minimum Gasteiger partial charge on any atom is -0.496 e. The van der Waals surface area contributed by atoms with Gasteiger partial charge in [0.1, 0.15) is 11.4 Å². The molecule has 0 bridgehead atoms. The molecule has 0 aliphatic heterocycles. The van der Waals surface area contributed by atoms with Crippen molar-refractivity contribution >= 4 is 11.6 Å². The topological polar surface area (TPSA) is 47.6 Å². The molecule has 0 fully saturated rings. The first-order valence-electron chi connectivity index (χ1n) is 7.39. The number of amides is 1. The van der Waals surface area contributed by atoms with Crippen molar-refractivity contribution in [2.24, 2.45) is 0 Å². The third-order valence-electron chi connectivity index (χ3n) is 3.86. The van der Waals surface area contributed by atoms with Crippen molar-refractivity contribution in [1.29, 1.82) is 0 Å². The van der Waals surface area contributed by atoms with Crippen molar-refractivity contribution in [3.8, 4) is 5.75 Å². The monoisotopic (exact) mass is 293 g/mol. The number of unbranched alkanes of at least 4 members (excludes halogenated alkanes) is 1. The normalized spacial score (nSPS) is 13.6. The summed E-state index contributed by atoms with van der Waals surface area (Å²) in [5.41, 5.74) is 1.98. The van der Waals surface area contributed by atoms with Gasteiger partial charge in [0.15, 0.2) is 0 Å². The van der Waals surface area contributed by atoms with Gasteiger partial charge in [-0.1, -0.05) is 19.8 Å². The summed E-state index contributed by atoms with van der Waals surface area (Å²) < 4.78 is 10.8.